The molecule has 0 radical (unpaired) electrons. The normalized spacial score (nSPS) is 17.6. The Hall–Kier alpha value is -1.86. The SMILES string of the molecule is CC(CN1CCOCC1)Nc1nccc(C(=O)O)c1N. The van der Waals surface area contributed by atoms with Crippen molar-refractivity contribution in [2.24, 2.45) is 0 Å². The van der Waals surface area contributed by atoms with E-state index < -0.39 is 5.97 Å². The minimum Gasteiger partial charge on any atom is -0.478 e. The molecule has 1 fully saturated rings. The zero-order valence-corrected chi connectivity index (χ0v) is 11.5. The minimum atomic E-state index is -1.05. The van der Waals surface area contributed by atoms with E-state index in [9.17, 15) is 4.79 Å². The molecule has 0 saturated carbocycles. The Kier molecular flexibility index (Phi) is 4.75. The zero-order valence-electron chi connectivity index (χ0n) is 11.5. The Labute approximate surface area is 117 Å². The van der Waals surface area contributed by atoms with Crippen LogP contribution in [0.3, 0.4) is 0 Å². The van der Waals surface area contributed by atoms with Crippen LogP contribution in [0.1, 0.15) is 17.3 Å². The molecular weight excluding hydrogens is 260 g/mol. The van der Waals surface area contributed by atoms with Crippen molar-refractivity contribution in [1.29, 1.82) is 0 Å². The highest BCUT2D eigenvalue weighted by atomic mass is 16.5. The van der Waals surface area contributed by atoms with Gasteiger partial charge in [-0.05, 0) is 13.0 Å². The summed E-state index contributed by atoms with van der Waals surface area (Å²) >= 11 is 0. The summed E-state index contributed by atoms with van der Waals surface area (Å²) in [5, 5.41) is 12.2. The Balaban J connectivity index is 1.98. The molecule has 1 aliphatic heterocycles. The Morgan fingerprint density at radius 1 is 1.60 bits per heavy atom. The molecule has 1 atom stereocenters. The van der Waals surface area contributed by atoms with E-state index in [0.717, 1.165) is 32.8 Å². The molecular formula is C13H20N4O3. The van der Waals surface area contributed by atoms with Crippen LogP contribution < -0.4 is 11.1 Å². The smallest absolute Gasteiger partial charge is 0.337 e. The lowest BCUT2D eigenvalue weighted by Crippen LogP contribution is -2.42. The van der Waals surface area contributed by atoms with E-state index >= 15 is 0 Å². The van der Waals surface area contributed by atoms with Gasteiger partial charge in [0.1, 0.15) is 5.82 Å². The lowest BCUT2D eigenvalue weighted by Gasteiger charge is -2.29. The lowest BCUT2D eigenvalue weighted by molar-refractivity contribution is 0.0368. The van der Waals surface area contributed by atoms with Crippen molar-refractivity contribution < 1.29 is 14.6 Å². The molecule has 1 aromatic heterocycles. The van der Waals surface area contributed by atoms with Crippen molar-refractivity contribution in [1.82, 2.24) is 9.88 Å². The first-order valence-electron chi connectivity index (χ1n) is 6.62. The van der Waals surface area contributed by atoms with Gasteiger partial charge in [0, 0.05) is 31.9 Å². The lowest BCUT2D eigenvalue weighted by atomic mass is 10.2. The Bertz CT molecular complexity index is 475. The van der Waals surface area contributed by atoms with Crippen LogP contribution in [-0.2, 0) is 4.74 Å². The molecule has 1 aromatic rings. The molecule has 1 saturated heterocycles. The van der Waals surface area contributed by atoms with Gasteiger partial charge in [0.25, 0.3) is 0 Å². The van der Waals surface area contributed by atoms with Crippen LogP contribution in [0, 0.1) is 0 Å². The van der Waals surface area contributed by atoms with Crippen LogP contribution in [0.25, 0.3) is 0 Å². The quantitative estimate of drug-likeness (QED) is 0.721. The number of carboxylic acids is 1. The summed E-state index contributed by atoms with van der Waals surface area (Å²) in [6.45, 7) is 6.17. The first kappa shape index (κ1) is 14.5. The van der Waals surface area contributed by atoms with Crippen molar-refractivity contribution in [2.45, 2.75) is 13.0 Å². The second-order valence-electron chi connectivity index (χ2n) is 4.88. The Morgan fingerprint density at radius 3 is 2.95 bits per heavy atom. The third-order valence-electron chi connectivity index (χ3n) is 3.24. The monoisotopic (exact) mass is 280 g/mol. The van der Waals surface area contributed by atoms with Crippen LogP contribution in [0.4, 0.5) is 11.5 Å². The zero-order chi connectivity index (χ0) is 14.5. The molecule has 1 unspecified atom stereocenters. The van der Waals surface area contributed by atoms with Gasteiger partial charge in [-0.1, -0.05) is 0 Å². The van der Waals surface area contributed by atoms with E-state index in [2.05, 4.69) is 15.2 Å². The number of aromatic nitrogens is 1. The molecule has 2 rings (SSSR count). The molecule has 4 N–H and O–H groups in total. The number of nitrogens with zero attached hydrogens (tertiary/aromatic N) is 2. The van der Waals surface area contributed by atoms with E-state index in [1.165, 1.54) is 12.3 Å². The molecule has 2 heterocycles. The number of hydrogen-bond donors (Lipinski definition) is 3. The van der Waals surface area contributed by atoms with Gasteiger partial charge in [0.05, 0.1) is 24.5 Å². The van der Waals surface area contributed by atoms with Crippen molar-refractivity contribution in [2.75, 3.05) is 43.9 Å². The molecule has 110 valence electrons. The molecule has 0 aromatic carbocycles. The van der Waals surface area contributed by atoms with Gasteiger partial charge in [-0.3, -0.25) is 4.90 Å². The number of pyridine rings is 1. The molecule has 1 aliphatic rings. The number of nitrogen functional groups attached to an aromatic ring is 1. The van der Waals surface area contributed by atoms with Gasteiger partial charge in [-0.2, -0.15) is 0 Å². The molecule has 7 heteroatoms. The van der Waals surface area contributed by atoms with Gasteiger partial charge >= 0.3 is 5.97 Å². The fraction of sp³-hybridized carbons (Fsp3) is 0.538. The fourth-order valence-electron chi connectivity index (χ4n) is 2.22. The molecule has 0 bridgehead atoms. The fourth-order valence-corrected chi connectivity index (χ4v) is 2.22. The van der Waals surface area contributed by atoms with Gasteiger partial charge in [0.15, 0.2) is 0 Å². The number of nitrogens with two attached hydrogens (primary N) is 1. The number of rotatable bonds is 5. The maximum absolute atomic E-state index is 11.0. The maximum Gasteiger partial charge on any atom is 0.337 e. The average Bonchev–Trinajstić information content (AvgIpc) is 2.42. The number of morpholine rings is 1. The highest BCUT2D eigenvalue weighted by molar-refractivity contribution is 5.96. The van der Waals surface area contributed by atoms with E-state index in [1.54, 1.807) is 0 Å². The highest BCUT2D eigenvalue weighted by Crippen LogP contribution is 2.20. The molecule has 20 heavy (non-hydrogen) atoms. The third kappa shape index (κ3) is 3.58. The van der Waals surface area contributed by atoms with Crippen LogP contribution in [0.5, 0.6) is 0 Å². The second-order valence-corrected chi connectivity index (χ2v) is 4.88. The number of anilines is 2. The van der Waals surface area contributed by atoms with Crippen LogP contribution >= 0.6 is 0 Å². The highest BCUT2D eigenvalue weighted by Gasteiger charge is 2.16. The van der Waals surface area contributed by atoms with Crippen molar-refractivity contribution in [3.8, 4) is 0 Å². The summed E-state index contributed by atoms with van der Waals surface area (Å²) in [7, 11) is 0. The summed E-state index contributed by atoms with van der Waals surface area (Å²) in [4.78, 5) is 17.4. The predicted octanol–water partition coefficient (Wildman–Crippen LogP) is 0.495. The van der Waals surface area contributed by atoms with Crippen molar-refractivity contribution in [3.63, 3.8) is 0 Å². The number of ether oxygens (including phenoxy) is 1. The number of aromatic carboxylic acids is 1. The van der Waals surface area contributed by atoms with Crippen LogP contribution in [0.2, 0.25) is 0 Å². The minimum absolute atomic E-state index is 0.0704. The molecule has 0 amide bonds. The largest absolute Gasteiger partial charge is 0.478 e. The van der Waals surface area contributed by atoms with Gasteiger partial charge in [-0.25, -0.2) is 9.78 Å². The summed E-state index contributed by atoms with van der Waals surface area (Å²) in [5.41, 5.74) is 6.07. The summed E-state index contributed by atoms with van der Waals surface area (Å²) in [6, 6.07) is 1.52. The maximum atomic E-state index is 11.0. The topological polar surface area (TPSA) is 101 Å². The Morgan fingerprint density at radius 2 is 2.30 bits per heavy atom. The summed E-state index contributed by atoms with van der Waals surface area (Å²) < 4.78 is 5.30. The van der Waals surface area contributed by atoms with Gasteiger partial charge in [-0.15, -0.1) is 0 Å². The molecule has 0 spiro atoms. The number of nitrogens with one attached hydrogen (secondary N) is 1. The first-order valence-corrected chi connectivity index (χ1v) is 6.62. The third-order valence-corrected chi connectivity index (χ3v) is 3.24. The van der Waals surface area contributed by atoms with Gasteiger partial charge < -0.3 is 20.9 Å². The van der Waals surface area contributed by atoms with E-state index in [-0.39, 0.29) is 17.3 Å². The second kappa shape index (κ2) is 6.53. The van der Waals surface area contributed by atoms with Crippen LogP contribution in [-0.4, -0.2) is 59.8 Å². The number of carboxylic acid groups (broad SMARTS) is 1. The van der Waals surface area contributed by atoms with Crippen molar-refractivity contribution >= 4 is 17.5 Å². The summed E-state index contributed by atoms with van der Waals surface area (Å²) in [5.74, 6) is -0.626. The van der Waals surface area contributed by atoms with E-state index in [0.29, 0.717) is 5.82 Å². The standard InChI is InChI=1S/C13H20N4O3/c1-9(8-17-4-6-20-7-5-17)16-12-11(14)10(13(18)19)2-3-15-12/h2-3,9H,4-8,14H2,1H3,(H,15,16)(H,18,19). The number of hydrogen-bond acceptors (Lipinski definition) is 6. The van der Waals surface area contributed by atoms with E-state index in [4.69, 9.17) is 15.6 Å². The van der Waals surface area contributed by atoms with E-state index in [1.807, 2.05) is 6.92 Å². The van der Waals surface area contributed by atoms with Gasteiger partial charge in [0.2, 0.25) is 0 Å². The predicted molar refractivity (Wildman–Crippen MR) is 76.0 cm³/mol. The summed E-state index contributed by atoms with van der Waals surface area (Å²) in [6.07, 6.45) is 1.45. The first-order chi connectivity index (χ1) is 9.58. The van der Waals surface area contributed by atoms with Crippen molar-refractivity contribution in [3.05, 3.63) is 17.8 Å². The average molecular weight is 280 g/mol. The molecule has 0 aliphatic carbocycles. The molecule has 7 nitrogen and oxygen atoms in total. The van der Waals surface area contributed by atoms with Crippen LogP contribution in [0.15, 0.2) is 12.3 Å². The number of carbonyl (C=O) groups is 1.